The van der Waals surface area contributed by atoms with Gasteiger partial charge in [-0.2, -0.15) is 13.2 Å². The minimum atomic E-state index is -4.67. The lowest BCUT2D eigenvalue weighted by molar-refractivity contribution is -0.141. The standard InChI is InChI=1S/C40H41F3N8O4/c1-3-10-26(4-2)54-31-17-15-28(27-16-18-33(40(41,42)43)47-35(27)31)37-48-36(32(23-44)55-37)38(53)49-19-21-50(22-20-49)39-46-29-13-8-9-14-30(29)51(39)24-34(52)45-25-11-6-5-7-12-25/h5-9,11-18,26H,3-4,10,19-24,44H2,1-2H3,(H,45,52). The number of para-hydroxylation sites is 3. The number of benzene rings is 3. The van der Waals surface area contributed by atoms with Gasteiger partial charge >= 0.3 is 6.18 Å². The van der Waals surface area contributed by atoms with E-state index in [2.05, 4.69) is 15.3 Å². The van der Waals surface area contributed by atoms with Crippen LogP contribution in [0.3, 0.4) is 0 Å². The first-order valence-electron chi connectivity index (χ1n) is 18.3. The Balaban J connectivity index is 1.13. The highest BCUT2D eigenvalue weighted by Gasteiger charge is 2.34. The summed E-state index contributed by atoms with van der Waals surface area (Å²) in [5, 5.41) is 3.26. The number of carbonyl (C=O) groups excluding carboxylic acids is 2. The van der Waals surface area contributed by atoms with E-state index < -0.39 is 17.8 Å². The van der Waals surface area contributed by atoms with Crippen molar-refractivity contribution in [3.8, 4) is 17.2 Å². The first kappa shape index (κ1) is 37.4. The van der Waals surface area contributed by atoms with Crippen LogP contribution in [0.15, 0.2) is 83.3 Å². The van der Waals surface area contributed by atoms with Crippen LogP contribution < -0.4 is 20.7 Å². The second-order valence-electron chi connectivity index (χ2n) is 13.3. The van der Waals surface area contributed by atoms with Crippen molar-refractivity contribution in [3.05, 3.63) is 96.0 Å². The van der Waals surface area contributed by atoms with Crippen molar-refractivity contribution in [2.24, 2.45) is 5.73 Å². The number of nitrogens with zero attached hydrogens (tertiary/aromatic N) is 6. The van der Waals surface area contributed by atoms with Crippen molar-refractivity contribution in [1.82, 2.24) is 24.4 Å². The van der Waals surface area contributed by atoms with E-state index in [-0.39, 0.29) is 53.7 Å². The van der Waals surface area contributed by atoms with Gasteiger partial charge < -0.3 is 34.6 Å². The monoisotopic (exact) mass is 754 g/mol. The van der Waals surface area contributed by atoms with E-state index in [1.165, 1.54) is 6.07 Å². The fourth-order valence-electron chi connectivity index (χ4n) is 6.84. The molecule has 0 aliphatic carbocycles. The molecular weight excluding hydrogens is 713 g/mol. The topological polar surface area (TPSA) is 145 Å². The van der Waals surface area contributed by atoms with E-state index >= 15 is 0 Å². The van der Waals surface area contributed by atoms with Crippen LogP contribution in [0.25, 0.3) is 33.4 Å². The molecule has 0 spiro atoms. The van der Waals surface area contributed by atoms with Gasteiger partial charge in [-0.15, -0.1) is 0 Å². The lowest BCUT2D eigenvalue weighted by Gasteiger charge is -2.35. The highest BCUT2D eigenvalue weighted by Crippen LogP contribution is 2.38. The molecule has 0 bridgehead atoms. The molecule has 55 heavy (non-hydrogen) atoms. The van der Waals surface area contributed by atoms with Gasteiger partial charge in [0.25, 0.3) is 5.91 Å². The molecule has 3 aromatic heterocycles. The van der Waals surface area contributed by atoms with Crippen LogP contribution in [0.1, 0.15) is 55.1 Å². The molecule has 286 valence electrons. The number of rotatable bonds is 12. The van der Waals surface area contributed by atoms with E-state index in [1.807, 2.05) is 77.9 Å². The van der Waals surface area contributed by atoms with Crippen molar-refractivity contribution < 1.29 is 31.9 Å². The second-order valence-corrected chi connectivity index (χ2v) is 13.3. The summed E-state index contributed by atoms with van der Waals surface area (Å²) in [6.07, 6.45) is -2.64. The normalized spacial score (nSPS) is 14.1. The largest absolute Gasteiger partial charge is 0.488 e. The van der Waals surface area contributed by atoms with Crippen LogP contribution in [0.4, 0.5) is 24.8 Å². The molecule has 0 saturated carbocycles. The Bertz CT molecular complexity index is 2320. The summed E-state index contributed by atoms with van der Waals surface area (Å²) in [6.45, 7) is 5.36. The number of halogens is 3. The van der Waals surface area contributed by atoms with Crippen molar-refractivity contribution in [1.29, 1.82) is 0 Å². The Kier molecular flexibility index (Phi) is 10.7. The Morgan fingerprint density at radius 3 is 2.38 bits per heavy atom. The van der Waals surface area contributed by atoms with Crippen molar-refractivity contribution in [3.63, 3.8) is 0 Å². The van der Waals surface area contributed by atoms with Gasteiger partial charge in [-0.25, -0.2) is 15.0 Å². The summed E-state index contributed by atoms with van der Waals surface area (Å²) in [5.74, 6) is 0.422. The van der Waals surface area contributed by atoms with Crippen molar-refractivity contribution >= 4 is 45.4 Å². The highest BCUT2D eigenvalue weighted by atomic mass is 19.4. The number of hydrogen-bond acceptors (Lipinski definition) is 9. The highest BCUT2D eigenvalue weighted by molar-refractivity contribution is 5.98. The number of ether oxygens (including phenoxy) is 1. The number of fused-ring (bicyclic) bond motifs is 2. The third-order valence-electron chi connectivity index (χ3n) is 9.63. The number of imidazole rings is 1. The molecule has 4 heterocycles. The zero-order valence-corrected chi connectivity index (χ0v) is 30.5. The van der Waals surface area contributed by atoms with Gasteiger partial charge in [-0.1, -0.05) is 50.6 Å². The molecule has 3 N–H and O–H groups in total. The first-order valence-corrected chi connectivity index (χ1v) is 18.3. The van der Waals surface area contributed by atoms with Gasteiger partial charge in [0.2, 0.25) is 17.7 Å². The van der Waals surface area contributed by atoms with Gasteiger partial charge in [-0.05, 0) is 61.4 Å². The Morgan fingerprint density at radius 2 is 1.67 bits per heavy atom. The molecule has 1 atom stereocenters. The summed E-state index contributed by atoms with van der Waals surface area (Å²) >= 11 is 0. The number of hydrogen-bond donors (Lipinski definition) is 2. The van der Waals surface area contributed by atoms with Gasteiger partial charge in [0.1, 0.15) is 23.5 Å². The molecule has 1 fully saturated rings. The third-order valence-corrected chi connectivity index (χ3v) is 9.63. The van der Waals surface area contributed by atoms with Crippen molar-refractivity contribution in [2.45, 2.75) is 58.5 Å². The smallest absolute Gasteiger partial charge is 0.433 e. The number of alkyl halides is 3. The van der Waals surface area contributed by atoms with Crippen LogP contribution in [-0.4, -0.2) is 68.5 Å². The fourth-order valence-corrected chi connectivity index (χ4v) is 6.84. The van der Waals surface area contributed by atoms with Crippen LogP contribution in [0.2, 0.25) is 0 Å². The average Bonchev–Trinajstić information content (AvgIpc) is 3.79. The van der Waals surface area contributed by atoms with Crippen LogP contribution in [0.5, 0.6) is 5.75 Å². The molecule has 1 aliphatic rings. The molecule has 7 rings (SSSR count). The second kappa shape index (κ2) is 15.8. The number of piperazine rings is 1. The van der Waals surface area contributed by atoms with Crippen LogP contribution in [-0.2, 0) is 24.1 Å². The summed E-state index contributed by atoms with van der Waals surface area (Å²) in [6, 6.07) is 22.3. The number of pyridine rings is 1. The van der Waals surface area contributed by atoms with Gasteiger partial charge in [0.05, 0.1) is 23.7 Å². The fraction of sp³-hybridized carbons (Fsp3) is 0.325. The molecule has 1 unspecified atom stereocenters. The quantitative estimate of drug-likeness (QED) is 0.132. The van der Waals surface area contributed by atoms with E-state index in [0.29, 0.717) is 55.2 Å². The maximum absolute atomic E-state index is 14.0. The van der Waals surface area contributed by atoms with Gasteiger partial charge in [-0.3, -0.25) is 9.59 Å². The van der Waals surface area contributed by atoms with Crippen LogP contribution >= 0.6 is 0 Å². The van der Waals surface area contributed by atoms with Crippen LogP contribution in [0, 0.1) is 0 Å². The zero-order chi connectivity index (χ0) is 38.7. The molecule has 12 nitrogen and oxygen atoms in total. The molecule has 3 aromatic carbocycles. The lowest BCUT2D eigenvalue weighted by Crippen LogP contribution is -2.49. The summed E-state index contributed by atoms with van der Waals surface area (Å²) < 4.78 is 55.4. The number of oxazole rings is 1. The minimum absolute atomic E-state index is 0.0157. The molecule has 1 aliphatic heterocycles. The maximum atomic E-state index is 14.0. The first-order chi connectivity index (χ1) is 26.6. The third kappa shape index (κ3) is 7.83. The summed E-state index contributed by atoms with van der Waals surface area (Å²) in [7, 11) is 0. The predicted molar refractivity (Wildman–Crippen MR) is 203 cm³/mol. The SMILES string of the molecule is CCCC(CC)Oc1ccc(-c2nc(C(=O)N3CCN(c4nc5ccccc5n4CC(=O)Nc4ccccc4)CC3)c(CN)o2)c2ccc(C(F)(F)F)nc12. The minimum Gasteiger partial charge on any atom is -0.488 e. The Morgan fingerprint density at radius 1 is 0.927 bits per heavy atom. The summed E-state index contributed by atoms with van der Waals surface area (Å²) in [4.78, 5) is 44.2. The number of anilines is 2. The number of amides is 2. The molecule has 2 amide bonds. The number of nitrogens with one attached hydrogen (secondary N) is 1. The van der Waals surface area contributed by atoms with E-state index in [4.69, 9.17) is 19.9 Å². The molecule has 1 saturated heterocycles. The molecule has 6 aromatic rings. The number of carbonyl (C=O) groups is 2. The van der Waals surface area contributed by atoms with E-state index in [1.54, 1.807) is 17.0 Å². The number of nitrogens with two attached hydrogens (primary N) is 1. The van der Waals surface area contributed by atoms with Gasteiger partial charge in [0, 0.05) is 42.8 Å². The molecule has 0 radical (unpaired) electrons. The average molecular weight is 755 g/mol. The zero-order valence-electron chi connectivity index (χ0n) is 30.5. The lowest BCUT2D eigenvalue weighted by atomic mass is 10.1. The summed E-state index contributed by atoms with van der Waals surface area (Å²) in [5.41, 5.74) is 7.62. The predicted octanol–water partition coefficient (Wildman–Crippen LogP) is 7.28. The Hall–Kier alpha value is -5.96. The Labute approximate surface area is 315 Å². The van der Waals surface area contributed by atoms with Gasteiger partial charge in [0.15, 0.2) is 11.5 Å². The van der Waals surface area contributed by atoms with E-state index in [9.17, 15) is 22.8 Å². The van der Waals surface area contributed by atoms with Crippen molar-refractivity contribution in [2.75, 3.05) is 36.4 Å². The number of aromatic nitrogens is 4. The molecule has 15 heteroatoms. The molecular formula is C40H41F3N8O4. The maximum Gasteiger partial charge on any atom is 0.433 e. The van der Waals surface area contributed by atoms with E-state index in [0.717, 1.165) is 29.9 Å².